The third-order valence-corrected chi connectivity index (χ3v) is 3.82. The van der Waals surface area contributed by atoms with Crippen LogP contribution in [-0.2, 0) is 14.9 Å². The summed E-state index contributed by atoms with van der Waals surface area (Å²) < 4.78 is 34.8. The molecule has 1 aliphatic rings. The molecule has 0 heterocycles. The van der Waals surface area contributed by atoms with E-state index < -0.39 is 10.1 Å². The van der Waals surface area contributed by atoms with Gasteiger partial charge in [-0.1, -0.05) is 0 Å². The summed E-state index contributed by atoms with van der Waals surface area (Å²) in [6, 6.07) is 0.466. The number of nitrogens with one attached hydrogen (secondary N) is 1. The zero-order valence-electron chi connectivity index (χ0n) is 9.68. The molecule has 0 aliphatic heterocycles. The molecule has 0 aromatic heterocycles. The number of methoxy groups -OCH3 is 1. The minimum Gasteiger partial charge on any atom is -0.381 e. The van der Waals surface area contributed by atoms with Gasteiger partial charge in [0.15, 0.2) is 0 Å². The number of rotatable bonds is 6. The Morgan fingerprint density at radius 2 is 1.94 bits per heavy atom. The van der Waals surface area contributed by atoms with E-state index in [1.54, 1.807) is 7.11 Å². The molecule has 0 radical (unpaired) electrons. The molecule has 0 atom stereocenters. The standard InChI is InChI=1S/C10H21NO4S/c1-15-10-5-3-9(4-6-10)11-7-2-8-16(12,13)14/h9-11H,2-8H2,1H3,(H,12,13,14). The van der Waals surface area contributed by atoms with Crippen LogP contribution in [-0.4, -0.2) is 44.5 Å². The summed E-state index contributed by atoms with van der Waals surface area (Å²) in [5.74, 6) is -0.159. The highest BCUT2D eigenvalue weighted by Gasteiger charge is 2.20. The van der Waals surface area contributed by atoms with E-state index in [1.807, 2.05) is 0 Å². The molecule has 1 fully saturated rings. The van der Waals surface area contributed by atoms with Gasteiger partial charge >= 0.3 is 0 Å². The van der Waals surface area contributed by atoms with E-state index in [0.717, 1.165) is 25.7 Å². The SMILES string of the molecule is COC1CCC(NCCCS(=O)(=O)O)CC1. The maximum atomic E-state index is 10.5. The van der Waals surface area contributed by atoms with Crippen molar-refractivity contribution in [3.63, 3.8) is 0 Å². The van der Waals surface area contributed by atoms with Crippen LogP contribution in [0.4, 0.5) is 0 Å². The summed E-state index contributed by atoms with van der Waals surface area (Å²) in [7, 11) is -2.06. The molecule has 1 aliphatic carbocycles. The van der Waals surface area contributed by atoms with Gasteiger partial charge in [0, 0.05) is 13.2 Å². The Balaban J connectivity index is 2.07. The molecular formula is C10H21NO4S. The van der Waals surface area contributed by atoms with Crippen molar-refractivity contribution >= 4 is 10.1 Å². The van der Waals surface area contributed by atoms with Gasteiger partial charge in [-0.3, -0.25) is 4.55 Å². The molecular weight excluding hydrogens is 230 g/mol. The number of hydrogen-bond acceptors (Lipinski definition) is 4. The predicted octanol–water partition coefficient (Wildman–Crippen LogP) is 0.811. The Hall–Kier alpha value is -0.170. The number of ether oxygens (including phenoxy) is 1. The quantitative estimate of drug-likeness (QED) is 0.540. The summed E-state index contributed by atoms with van der Waals surface area (Å²) >= 11 is 0. The summed E-state index contributed by atoms with van der Waals surface area (Å²) in [6.07, 6.45) is 5.12. The van der Waals surface area contributed by atoms with Gasteiger partial charge in [0.1, 0.15) is 0 Å². The lowest BCUT2D eigenvalue weighted by Gasteiger charge is -2.28. The van der Waals surface area contributed by atoms with Gasteiger partial charge in [-0.2, -0.15) is 8.42 Å². The molecule has 2 N–H and O–H groups in total. The normalized spacial score (nSPS) is 26.9. The van der Waals surface area contributed by atoms with Gasteiger partial charge in [-0.25, -0.2) is 0 Å². The highest BCUT2D eigenvalue weighted by atomic mass is 32.2. The maximum Gasteiger partial charge on any atom is 0.264 e. The van der Waals surface area contributed by atoms with Crippen LogP contribution in [0, 0.1) is 0 Å². The molecule has 1 rings (SSSR count). The zero-order chi connectivity index (χ0) is 12.0. The van der Waals surface area contributed by atoms with E-state index in [2.05, 4.69) is 5.32 Å². The summed E-state index contributed by atoms with van der Waals surface area (Å²) in [5.41, 5.74) is 0. The highest BCUT2D eigenvalue weighted by molar-refractivity contribution is 7.85. The van der Waals surface area contributed by atoms with Crippen LogP contribution in [0.25, 0.3) is 0 Å². The largest absolute Gasteiger partial charge is 0.381 e. The first-order chi connectivity index (χ1) is 7.51. The molecule has 96 valence electrons. The summed E-state index contributed by atoms with van der Waals surface area (Å²) in [4.78, 5) is 0. The highest BCUT2D eigenvalue weighted by Crippen LogP contribution is 2.20. The van der Waals surface area contributed by atoms with Crippen molar-refractivity contribution in [3.8, 4) is 0 Å². The van der Waals surface area contributed by atoms with E-state index in [0.29, 0.717) is 25.1 Å². The van der Waals surface area contributed by atoms with Crippen molar-refractivity contribution in [2.45, 2.75) is 44.2 Å². The van der Waals surface area contributed by atoms with Crippen LogP contribution in [0.3, 0.4) is 0 Å². The van der Waals surface area contributed by atoms with Crippen LogP contribution in [0.15, 0.2) is 0 Å². The topological polar surface area (TPSA) is 75.6 Å². The Labute approximate surface area is 97.3 Å². The monoisotopic (exact) mass is 251 g/mol. The second-order valence-corrected chi connectivity index (χ2v) is 5.88. The fourth-order valence-electron chi connectivity index (χ4n) is 2.06. The van der Waals surface area contributed by atoms with Crippen LogP contribution in [0.1, 0.15) is 32.1 Å². The van der Waals surface area contributed by atoms with E-state index in [1.165, 1.54) is 0 Å². The van der Waals surface area contributed by atoms with Gasteiger partial charge in [0.2, 0.25) is 0 Å². The van der Waals surface area contributed by atoms with Crippen molar-refractivity contribution in [2.75, 3.05) is 19.4 Å². The second-order valence-electron chi connectivity index (χ2n) is 4.30. The Bertz CT molecular complexity index is 283. The molecule has 1 saturated carbocycles. The average Bonchev–Trinajstić information content (AvgIpc) is 2.24. The van der Waals surface area contributed by atoms with Crippen molar-refractivity contribution in [1.82, 2.24) is 5.32 Å². The van der Waals surface area contributed by atoms with Crippen LogP contribution in [0.2, 0.25) is 0 Å². The lowest BCUT2D eigenvalue weighted by molar-refractivity contribution is 0.0626. The van der Waals surface area contributed by atoms with E-state index in [4.69, 9.17) is 9.29 Å². The van der Waals surface area contributed by atoms with Crippen LogP contribution >= 0.6 is 0 Å². The van der Waals surface area contributed by atoms with Gasteiger partial charge in [0.05, 0.1) is 11.9 Å². The average molecular weight is 251 g/mol. The molecule has 0 bridgehead atoms. The van der Waals surface area contributed by atoms with Crippen LogP contribution in [0.5, 0.6) is 0 Å². The summed E-state index contributed by atoms with van der Waals surface area (Å²) in [6.45, 7) is 0.641. The smallest absolute Gasteiger partial charge is 0.264 e. The van der Waals surface area contributed by atoms with Crippen molar-refractivity contribution in [2.24, 2.45) is 0 Å². The molecule has 0 aromatic rings. The lowest BCUT2D eigenvalue weighted by Crippen LogP contribution is -2.36. The molecule has 16 heavy (non-hydrogen) atoms. The van der Waals surface area contributed by atoms with E-state index in [9.17, 15) is 8.42 Å². The Morgan fingerprint density at radius 1 is 1.31 bits per heavy atom. The molecule has 0 amide bonds. The maximum absolute atomic E-state index is 10.5. The molecule has 0 aromatic carbocycles. The van der Waals surface area contributed by atoms with E-state index in [-0.39, 0.29) is 5.75 Å². The van der Waals surface area contributed by atoms with Crippen LogP contribution < -0.4 is 5.32 Å². The third-order valence-electron chi connectivity index (χ3n) is 3.02. The summed E-state index contributed by atoms with van der Waals surface area (Å²) in [5, 5.41) is 3.31. The first-order valence-corrected chi connectivity index (χ1v) is 7.33. The van der Waals surface area contributed by atoms with Gasteiger partial charge < -0.3 is 10.1 Å². The second kappa shape index (κ2) is 6.54. The molecule has 6 heteroatoms. The van der Waals surface area contributed by atoms with Gasteiger partial charge in [0.25, 0.3) is 10.1 Å². The minimum atomic E-state index is -3.80. The molecule has 5 nitrogen and oxygen atoms in total. The minimum absolute atomic E-state index is 0.159. The molecule has 0 saturated heterocycles. The zero-order valence-corrected chi connectivity index (χ0v) is 10.5. The van der Waals surface area contributed by atoms with Crippen molar-refractivity contribution < 1.29 is 17.7 Å². The third kappa shape index (κ3) is 5.79. The van der Waals surface area contributed by atoms with Crippen molar-refractivity contribution in [3.05, 3.63) is 0 Å². The Kier molecular flexibility index (Phi) is 5.68. The first kappa shape index (κ1) is 13.9. The lowest BCUT2D eigenvalue weighted by atomic mass is 9.93. The number of hydrogen-bond donors (Lipinski definition) is 2. The van der Waals surface area contributed by atoms with E-state index >= 15 is 0 Å². The van der Waals surface area contributed by atoms with Crippen molar-refractivity contribution in [1.29, 1.82) is 0 Å². The van der Waals surface area contributed by atoms with Gasteiger partial charge in [-0.15, -0.1) is 0 Å². The fraction of sp³-hybridized carbons (Fsp3) is 1.00. The first-order valence-electron chi connectivity index (χ1n) is 5.72. The molecule has 0 spiro atoms. The fourth-order valence-corrected chi connectivity index (χ4v) is 2.57. The molecule has 0 unspecified atom stereocenters. The predicted molar refractivity (Wildman–Crippen MR) is 62.1 cm³/mol. The van der Waals surface area contributed by atoms with Gasteiger partial charge in [-0.05, 0) is 38.6 Å². The Morgan fingerprint density at radius 3 is 2.44 bits per heavy atom.